The van der Waals surface area contributed by atoms with Gasteiger partial charge >= 0.3 is 0 Å². The van der Waals surface area contributed by atoms with E-state index in [0.717, 1.165) is 45.0 Å². The van der Waals surface area contributed by atoms with E-state index in [1.54, 1.807) is 0 Å². The van der Waals surface area contributed by atoms with E-state index >= 15 is 0 Å². The van der Waals surface area contributed by atoms with E-state index in [9.17, 15) is 4.79 Å². The fourth-order valence-electron chi connectivity index (χ4n) is 3.03. The molecule has 0 aromatic carbocycles. The molecule has 22 heavy (non-hydrogen) atoms. The van der Waals surface area contributed by atoms with Crippen LogP contribution in [0.5, 0.6) is 0 Å². The zero-order chi connectivity index (χ0) is 15.8. The van der Waals surface area contributed by atoms with Gasteiger partial charge in [0, 0.05) is 19.7 Å². The minimum Gasteiger partial charge on any atom is -0.376 e. The number of likely N-dealkylation sites (tertiary alicyclic amines) is 1. The molecule has 5 nitrogen and oxygen atoms in total. The highest BCUT2D eigenvalue weighted by atomic mass is 16.5. The summed E-state index contributed by atoms with van der Waals surface area (Å²) in [5, 5.41) is 2.98. The summed E-state index contributed by atoms with van der Waals surface area (Å²) in [5.74, 6) is 0.836. The second-order valence-corrected chi connectivity index (χ2v) is 6.78. The van der Waals surface area contributed by atoms with Crippen LogP contribution in [0.25, 0.3) is 0 Å². The molecule has 0 radical (unpaired) electrons. The Labute approximate surface area is 134 Å². The molecule has 0 aromatic heterocycles. The molecule has 0 spiro atoms. The quantitative estimate of drug-likeness (QED) is 0.779. The van der Waals surface area contributed by atoms with E-state index in [-0.39, 0.29) is 12.0 Å². The van der Waals surface area contributed by atoms with Crippen molar-refractivity contribution in [3.63, 3.8) is 0 Å². The zero-order valence-electron chi connectivity index (χ0n) is 14.2. The first kappa shape index (κ1) is 17.7. The maximum absolute atomic E-state index is 12.0. The summed E-state index contributed by atoms with van der Waals surface area (Å²) in [5.41, 5.74) is 0. The van der Waals surface area contributed by atoms with Crippen molar-refractivity contribution in [2.75, 3.05) is 39.4 Å². The molecule has 0 unspecified atom stereocenters. The Balaban J connectivity index is 1.54. The number of piperidine rings is 1. The average molecular weight is 312 g/mol. The topological polar surface area (TPSA) is 50.8 Å². The molecule has 2 heterocycles. The van der Waals surface area contributed by atoms with Gasteiger partial charge in [-0.25, -0.2) is 0 Å². The lowest BCUT2D eigenvalue weighted by molar-refractivity contribution is -0.135. The molecule has 1 amide bonds. The normalized spacial score (nSPS) is 25.8. The molecular formula is C17H32N2O3. The predicted molar refractivity (Wildman–Crippen MR) is 86.9 cm³/mol. The van der Waals surface area contributed by atoms with Gasteiger partial charge in [-0.2, -0.15) is 0 Å². The SMILES string of the molecule is CC1CCN(CCNC(=O)[C@H](C)OC[C@@H]2CCCCO2)CC1. The summed E-state index contributed by atoms with van der Waals surface area (Å²) in [6.45, 7) is 9.44. The third-order valence-electron chi connectivity index (χ3n) is 4.78. The van der Waals surface area contributed by atoms with Crippen LogP contribution in [0.4, 0.5) is 0 Å². The average Bonchev–Trinajstić information content (AvgIpc) is 2.55. The molecule has 2 rings (SSSR count). The smallest absolute Gasteiger partial charge is 0.248 e. The summed E-state index contributed by atoms with van der Waals surface area (Å²) < 4.78 is 11.3. The number of hydrogen-bond acceptors (Lipinski definition) is 4. The highest BCUT2D eigenvalue weighted by Crippen LogP contribution is 2.15. The molecule has 2 aliphatic rings. The van der Waals surface area contributed by atoms with Gasteiger partial charge in [0.15, 0.2) is 0 Å². The Kier molecular flexibility index (Phi) is 7.63. The molecule has 128 valence electrons. The summed E-state index contributed by atoms with van der Waals surface area (Å²) in [4.78, 5) is 14.4. The fraction of sp³-hybridized carbons (Fsp3) is 0.941. The Morgan fingerprint density at radius 2 is 2.09 bits per heavy atom. The fourth-order valence-corrected chi connectivity index (χ4v) is 3.03. The predicted octanol–water partition coefficient (Wildman–Crippen LogP) is 1.81. The number of nitrogens with one attached hydrogen (secondary N) is 1. The molecule has 1 N–H and O–H groups in total. The molecule has 0 aliphatic carbocycles. The van der Waals surface area contributed by atoms with Crippen molar-refractivity contribution in [1.82, 2.24) is 10.2 Å². The number of amides is 1. The maximum atomic E-state index is 12.0. The molecule has 2 aliphatic heterocycles. The van der Waals surface area contributed by atoms with Crippen molar-refractivity contribution in [2.24, 2.45) is 5.92 Å². The van der Waals surface area contributed by atoms with Crippen LogP contribution >= 0.6 is 0 Å². The van der Waals surface area contributed by atoms with Gasteiger partial charge in [0.2, 0.25) is 5.91 Å². The van der Waals surface area contributed by atoms with Crippen LogP contribution < -0.4 is 5.32 Å². The van der Waals surface area contributed by atoms with Crippen LogP contribution in [0.1, 0.15) is 46.0 Å². The van der Waals surface area contributed by atoms with E-state index in [4.69, 9.17) is 9.47 Å². The number of rotatable bonds is 7. The Bertz CT molecular complexity index is 324. The van der Waals surface area contributed by atoms with Gasteiger partial charge in [-0.05, 0) is 58.0 Å². The Morgan fingerprint density at radius 1 is 1.32 bits per heavy atom. The van der Waals surface area contributed by atoms with Crippen LogP contribution in [-0.2, 0) is 14.3 Å². The first-order valence-corrected chi connectivity index (χ1v) is 8.88. The maximum Gasteiger partial charge on any atom is 0.248 e. The molecule has 0 saturated carbocycles. The lowest BCUT2D eigenvalue weighted by atomic mass is 9.99. The van der Waals surface area contributed by atoms with Gasteiger partial charge in [0.05, 0.1) is 12.7 Å². The summed E-state index contributed by atoms with van der Waals surface area (Å²) in [7, 11) is 0. The number of ether oxygens (including phenoxy) is 2. The molecule has 2 fully saturated rings. The van der Waals surface area contributed by atoms with Crippen LogP contribution in [0.15, 0.2) is 0 Å². The Morgan fingerprint density at radius 3 is 2.77 bits per heavy atom. The van der Waals surface area contributed by atoms with Crippen molar-refractivity contribution >= 4 is 5.91 Å². The van der Waals surface area contributed by atoms with E-state index in [2.05, 4.69) is 17.1 Å². The van der Waals surface area contributed by atoms with Crippen LogP contribution in [-0.4, -0.2) is 62.4 Å². The van der Waals surface area contributed by atoms with Crippen molar-refractivity contribution in [1.29, 1.82) is 0 Å². The van der Waals surface area contributed by atoms with E-state index in [0.29, 0.717) is 13.2 Å². The van der Waals surface area contributed by atoms with E-state index in [1.165, 1.54) is 19.3 Å². The molecule has 0 bridgehead atoms. The largest absolute Gasteiger partial charge is 0.376 e. The number of nitrogens with zero attached hydrogens (tertiary/aromatic N) is 1. The van der Waals surface area contributed by atoms with Crippen molar-refractivity contribution in [3.05, 3.63) is 0 Å². The molecule has 0 aromatic rings. The third kappa shape index (κ3) is 6.23. The van der Waals surface area contributed by atoms with Crippen LogP contribution in [0.3, 0.4) is 0 Å². The van der Waals surface area contributed by atoms with Crippen molar-refractivity contribution in [2.45, 2.75) is 58.2 Å². The zero-order valence-corrected chi connectivity index (χ0v) is 14.2. The second kappa shape index (κ2) is 9.48. The minimum atomic E-state index is -0.396. The second-order valence-electron chi connectivity index (χ2n) is 6.78. The Hall–Kier alpha value is -0.650. The van der Waals surface area contributed by atoms with Gasteiger partial charge in [-0.15, -0.1) is 0 Å². The summed E-state index contributed by atoms with van der Waals surface area (Å²) >= 11 is 0. The van der Waals surface area contributed by atoms with Crippen LogP contribution in [0, 0.1) is 5.92 Å². The molecule has 2 saturated heterocycles. The number of carbonyl (C=O) groups excluding carboxylic acids is 1. The molecular weight excluding hydrogens is 280 g/mol. The standard InChI is InChI=1S/C17H32N2O3/c1-14-6-9-19(10-7-14)11-8-18-17(20)15(2)22-13-16-5-3-4-12-21-16/h14-16H,3-13H2,1-2H3,(H,18,20)/t15-,16-/m0/s1. The molecule has 5 heteroatoms. The van der Waals surface area contributed by atoms with E-state index < -0.39 is 6.10 Å². The first-order valence-electron chi connectivity index (χ1n) is 8.88. The van der Waals surface area contributed by atoms with Crippen molar-refractivity contribution in [3.8, 4) is 0 Å². The summed E-state index contributed by atoms with van der Waals surface area (Å²) in [6.07, 6.45) is 5.70. The van der Waals surface area contributed by atoms with Gasteiger partial charge in [-0.1, -0.05) is 6.92 Å². The first-order chi connectivity index (χ1) is 10.6. The van der Waals surface area contributed by atoms with Gasteiger partial charge in [0.25, 0.3) is 0 Å². The third-order valence-corrected chi connectivity index (χ3v) is 4.78. The van der Waals surface area contributed by atoms with Crippen molar-refractivity contribution < 1.29 is 14.3 Å². The van der Waals surface area contributed by atoms with Gasteiger partial charge in [0.1, 0.15) is 6.10 Å². The molecule has 2 atom stereocenters. The van der Waals surface area contributed by atoms with Gasteiger partial charge < -0.3 is 19.7 Å². The van der Waals surface area contributed by atoms with Crippen LogP contribution in [0.2, 0.25) is 0 Å². The number of hydrogen-bond donors (Lipinski definition) is 1. The monoisotopic (exact) mass is 312 g/mol. The number of carbonyl (C=O) groups is 1. The van der Waals surface area contributed by atoms with E-state index in [1.807, 2.05) is 6.92 Å². The minimum absolute atomic E-state index is 0.0128. The lowest BCUT2D eigenvalue weighted by Gasteiger charge is -2.30. The lowest BCUT2D eigenvalue weighted by Crippen LogP contribution is -2.42. The summed E-state index contributed by atoms with van der Waals surface area (Å²) in [6, 6.07) is 0. The highest BCUT2D eigenvalue weighted by Gasteiger charge is 2.19. The van der Waals surface area contributed by atoms with Gasteiger partial charge in [-0.3, -0.25) is 4.79 Å². The highest BCUT2D eigenvalue weighted by molar-refractivity contribution is 5.80.